The smallest absolute Gasteiger partial charge is 0.143 e. The first-order valence-corrected chi connectivity index (χ1v) is 8.08. The first kappa shape index (κ1) is 16.5. The fourth-order valence-electron chi connectivity index (χ4n) is 2.71. The van der Waals surface area contributed by atoms with E-state index in [0.29, 0.717) is 6.54 Å². The number of hydrogen-bond acceptors (Lipinski definition) is 7. The van der Waals surface area contributed by atoms with E-state index in [1.54, 1.807) is 7.11 Å². The predicted molar refractivity (Wildman–Crippen MR) is 92.3 cm³/mol. The summed E-state index contributed by atoms with van der Waals surface area (Å²) in [6.45, 7) is 4.83. The molecule has 2 aromatic rings. The van der Waals surface area contributed by atoms with Crippen molar-refractivity contribution in [3.63, 3.8) is 0 Å². The monoisotopic (exact) mass is 332 g/mol. The van der Waals surface area contributed by atoms with Crippen LogP contribution >= 0.6 is 0 Å². The number of rotatable bonds is 7. The molecule has 0 atom stereocenters. The summed E-state index contributed by atoms with van der Waals surface area (Å²) in [5.41, 5.74) is 3.84. The Bertz CT molecular complexity index is 654. The molecule has 130 valence electrons. The summed E-state index contributed by atoms with van der Waals surface area (Å²) in [5, 5.41) is 17.8. The molecule has 1 aliphatic heterocycles. The molecule has 0 spiro atoms. The number of hydrogen-bond donors (Lipinski definition) is 3. The molecule has 0 amide bonds. The van der Waals surface area contributed by atoms with Crippen molar-refractivity contribution in [1.82, 2.24) is 20.3 Å². The molecule has 1 aromatic carbocycles. The summed E-state index contributed by atoms with van der Waals surface area (Å²) >= 11 is 0. The van der Waals surface area contributed by atoms with Crippen molar-refractivity contribution in [2.45, 2.75) is 13.1 Å². The van der Waals surface area contributed by atoms with Crippen molar-refractivity contribution in [3.8, 4) is 5.75 Å². The van der Waals surface area contributed by atoms with Crippen LogP contribution in [0.4, 0.5) is 11.4 Å². The van der Waals surface area contributed by atoms with Crippen molar-refractivity contribution in [3.05, 3.63) is 29.6 Å². The van der Waals surface area contributed by atoms with Gasteiger partial charge in [0.1, 0.15) is 17.1 Å². The van der Waals surface area contributed by atoms with Gasteiger partial charge >= 0.3 is 0 Å². The third-order valence-corrected chi connectivity index (χ3v) is 4.11. The highest BCUT2D eigenvalue weighted by molar-refractivity contribution is 5.63. The summed E-state index contributed by atoms with van der Waals surface area (Å²) in [6.07, 6.45) is 0. The van der Waals surface area contributed by atoms with Crippen LogP contribution in [0.3, 0.4) is 0 Å². The van der Waals surface area contributed by atoms with E-state index in [2.05, 4.69) is 30.9 Å². The van der Waals surface area contributed by atoms with Crippen LogP contribution < -0.4 is 15.4 Å². The van der Waals surface area contributed by atoms with E-state index < -0.39 is 0 Å². The van der Waals surface area contributed by atoms with Gasteiger partial charge in [-0.3, -0.25) is 4.90 Å². The van der Waals surface area contributed by atoms with Crippen molar-refractivity contribution < 1.29 is 9.47 Å². The maximum atomic E-state index is 5.38. The molecule has 0 radical (unpaired) electrons. The Labute approximate surface area is 141 Å². The lowest BCUT2D eigenvalue weighted by molar-refractivity contribution is 0.0335. The topological polar surface area (TPSA) is 87.3 Å². The standard InChI is InChI=1S/C16H24N6O2/c1-17-13-4-3-12(9-16(13)23-2)18-10-14-15(20-21-19-14)11-22-5-7-24-8-6-22/h3-4,9,17-18H,5-8,10-11H2,1-2H3,(H,19,20,21). The van der Waals surface area contributed by atoms with Gasteiger partial charge in [0.25, 0.3) is 0 Å². The average molecular weight is 332 g/mol. The van der Waals surface area contributed by atoms with E-state index in [4.69, 9.17) is 9.47 Å². The van der Waals surface area contributed by atoms with E-state index in [0.717, 1.165) is 61.4 Å². The molecule has 1 aromatic heterocycles. The number of ether oxygens (including phenoxy) is 2. The number of nitrogens with one attached hydrogen (secondary N) is 3. The van der Waals surface area contributed by atoms with Crippen LogP contribution in [0.2, 0.25) is 0 Å². The summed E-state index contributed by atoms with van der Waals surface area (Å²) in [7, 11) is 3.54. The van der Waals surface area contributed by atoms with Gasteiger partial charge in [-0.1, -0.05) is 0 Å². The maximum Gasteiger partial charge on any atom is 0.143 e. The molecule has 3 N–H and O–H groups in total. The highest BCUT2D eigenvalue weighted by Crippen LogP contribution is 2.27. The van der Waals surface area contributed by atoms with Crippen molar-refractivity contribution in [1.29, 1.82) is 0 Å². The number of aromatic amines is 1. The van der Waals surface area contributed by atoms with Crippen LogP contribution in [0.25, 0.3) is 0 Å². The molecule has 0 unspecified atom stereocenters. The molecule has 24 heavy (non-hydrogen) atoms. The lowest BCUT2D eigenvalue weighted by Gasteiger charge is -2.25. The maximum absolute atomic E-state index is 5.38. The third-order valence-electron chi connectivity index (χ3n) is 4.11. The molecule has 1 saturated heterocycles. The summed E-state index contributed by atoms with van der Waals surface area (Å²) < 4.78 is 10.8. The number of H-pyrrole nitrogens is 1. The first-order chi connectivity index (χ1) is 11.8. The Morgan fingerprint density at radius 1 is 1.25 bits per heavy atom. The van der Waals surface area contributed by atoms with Gasteiger partial charge in [0.2, 0.25) is 0 Å². The first-order valence-electron chi connectivity index (χ1n) is 8.08. The van der Waals surface area contributed by atoms with Gasteiger partial charge in [-0.05, 0) is 12.1 Å². The van der Waals surface area contributed by atoms with Gasteiger partial charge in [0, 0.05) is 38.4 Å². The lowest BCUT2D eigenvalue weighted by atomic mass is 10.2. The summed E-state index contributed by atoms with van der Waals surface area (Å²) in [6, 6.07) is 5.96. The van der Waals surface area contributed by atoms with Gasteiger partial charge in [-0.15, -0.1) is 0 Å². The van der Waals surface area contributed by atoms with Crippen LogP contribution in [0.1, 0.15) is 11.4 Å². The van der Waals surface area contributed by atoms with Crippen molar-refractivity contribution in [2.24, 2.45) is 0 Å². The minimum absolute atomic E-state index is 0.609. The normalized spacial score (nSPS) is 15.2. The Hall–Kier alpha value is -2.32. The van der Waals surface area contributed by atoms with Gasteiger partial charge in [-0.2, -0.15) is 15.4 Å². The molecule has 0 aliphatic carbocycles. The second-order valence-electron chi connectivity index (χ2n) is 5.62. The van der Waals surface area contributed by atoms with Crippen molar-refractivity contribution >= 4 is 11.4 Å². The zero-order valence-corrected chi connectivity index (χ0v) is 14.1. The minimum atomic E-state index is 0.609. The van der Waals surface area contributed by atoms with E-state index in [-0.39, 0.29) is 0 Å². The van der Waals surface area contributed by atoms with E-state index in [9.17, 15) is 0 Å². The number of methoxy groups -OCH3 is 1. The Kier molecular flexibility index (Phi) is 5.50. The van der Waals surface area contributed by atoms with Crippen LogP contribution in [0, 0.1) is 0 Å². The minimum Gasteiger partial charge on any atom is -0.495 e. The quantitative estimate of drug-likeness (QED) is 0.704. The SMILES string of the molecule is CNc1ccc(NCc2n[nH]nc2CN2CCOCC2)cc1OC. The predicted octanol–water partition coefficient (Wildman–Crippen LogP) is 1.30. The third kappa shape index (κ3) is 3.95. The molecule has 3 rings (SSSR count). The lowest BCUT2D eigenvalue weighted by Crippen LogP contribution is -2.36. The van der Waals surface area contributed by atoms with Crippen LogP contribution in [0.15, 0.2) is 18.2 Å². The Morgan fingerprint density at radius 2 is 2.04 bits per heavy atom. The summed E-state index contributed by atoms with van der Waals surface area (Å²) in [5.74, 6) is 0.802. The largest absolute Gasteiger partial charge is 0.495 e. The highest BCUT2D eigenvalue weighted by Gasteiger charge is 2.15. The van der Waals surface area contributed by atoms with Gasteiger partial charge in [0.15, 0.2) is 0 Å². The Balaban J connectivity index is 1.61. The van der Waals surface area contributed by atoms with Gasteiger partial charge < -0.3 is 20.1 Å². The number of aromatic nitrogens is 3. The molecule has 2 heterocycles. The average Bonchev–Trinajstić information content (AvgIpc) is 3.07. The number of anilines is 2. The molecule has 0 saturated carbocycles. The second-order valence-corrected chi connectivity index (χ2v) is 5.62. The molecule has 8 heteroatoms. The van der Waals surface area contributed by atoms with Crippen LogP contribution in [0.5, 0.6) is 5.75 Å². The molecule has 8 nitrogen and oxygen atoms in total. The number of benzene rings is 1. The fourth-order valence-corrected chi connectivity index (χ4v) is 2.71. The van der Waals surface area contributed by atoms with E-state index in [1.165, 1.54) is 0 Å². The van der Waals surface area contributed by atoms with Gasteiger partial charge in [0.05, 0.1) is 32.6 Å². The van der Waals surface area contributed by atoms with Crippen LogP contribution in [-0.2, 0) is 17.8 Å². The second kappa shape index (κ2) is 7.98. The Morgan fingerprint density at radius 3 is 2.79 bits per heavy atom. The van der Waals surface area contributed by atoms with E-state index in [1.807, 2.05) is 25.2 Å². The molecular formula is C16H24N6O2. The fraction of sp³-hybridized carbons (Fsp3) is 0.500. The zero-order chi connectivity index (χ0) is 16.8. The number of morpholine rings is 1. The van der Waals surface area contributed by atoms with Crippen LogP contribution in [-0.4, -0.2) is 60.8 Å². The molecule has 1 aliphatic rings. The molecular weight excluding hydrogens is 308 g/mol. The zero-order valence-electron chi connectivity index (χ0n) is 14.1. The van der Waals surface area contributed by atoms with E-state index >= 15 is 0 Å². The molecule has 0 bridgehead atoms. The highest BCUT2D eigenvalue weighted by atomic mass is 16.5. The number of nitrogens with zero attached hydrogens (tertiary/aromatic N) is 3. The van der Waals surface area contributed by atoms with Crippen molar-refractivity contribution in [2.75, 3.05) is 51.1 Å². The molecule has 1 fully saturated rings. The summed E-state index contributed by atoms with van der Waals surface area (Å²) in [4.78, 5) is 2.33. The van der Waals surface area contributed by atoms with Gasteiger partial charge in [-0.25, -0.2) is 0 Å².